The Balaban J connectivity index is 1.66. The fourth-order valence-corrected chi connectivity index (χ4v) is 4.67. The number of hydrogen-bond acceptors (Lipinski definition) is 6. The second-order valence-electron chi connectivity index (χ2n) is 7.39. The molecule has 152 valence electrons. The fourth-order valence-electron chi connectivity index (χ4n) is 3.76. The summed E-state index contributed by atoms with van der Waals surface area (Å²) in [5, 5.41) is 2.45. The van der Waals surface area contributed by atoms with E-state index in [1.165, 1.54) is 28.7 Å². The molecule has 4 rings (SSSR count). The van der Waals surface area contributed by atoms with Crippen LogP contribution in [0.3, 0.4) is 0 Å². The van der Waals surface area contributed by atoms with E-state index in [1.807, 2.05) is 29.6 Å². The smallest absolute Gasteiger partial charge is 0.329 e. The number of aromatic nitrogens is 2. The average Bonchev–Trinajstić information content (AvgIpc) is 3.19. The molecule has 29 heavy (non-hydrogen) atoms. The van der Waals surface area contributed by atoms with Crippen molar-refractivity contribution in [2.75, 3.05) is 7.11 Å². The molecule has 0 saturated heterocycles. The van der Waals surface area contributed by atoms with E-state index >= 15 is 0 Å². The Labute approximate surface area is 173 Å². The van der Waals surface area contributed by atoms with Gasteiger partial charge in [0.2, 0.25) is 0 Å². The fraction of sp³-hybridized carbons (Fsp3) is 0.409. The van der Waals surface area contributed by atoms with Crippen molar-refractivity contribution in [3.8, 4) is 16.9 Å². The number of rotatable bonds is 5. The third kappa shape index (κ3) is 3.92. The molecule has 0 bridgehead atoms. The molecule has 3 aromatic rings. The summed E-state index contributed by atoms with van der Waals surface area (Å²) in [4.78, 5) is 31.0. The van der Waals surface area contributed by atoms with Gasteiger partial charge in [-0.15, -0.1) is 11.3 Å². The molecule has 1 saturated carbocycles. The summed E-state index contributed by atoms with van der Waals surface area (Å²) in [7, 11) is 1.62. The van der Waals surface area contributed by atoms with E-state index in [1.54, 1.807) is 14.0 Å². The van der Waals surface area contributed by atoms with Crippen molar-refractivity contribution in [2.24, 2.45) is 0 Å². The number of esters is 1. The highest BCUT2D eigenvalue weighted by atomic mass is 32.1. The molecule has 0 aliphatic heterocycles. The van der Waals surface area contributed by atoms with Gasteiger partial charge in [0.15, 0.2) is 0 Å². The van der Waals surface area contributed by atoms with Gasteiger partial charge in [0.05, 0.1) is 18.8 Å². The zero-order valence-electron chi connectivity index (χ0n) is 16.6. The quantitative estimate of drug-likeness (QED) is 0.574. The Morgan fingerprint density at radius 1 is 1.21 bits per heavy atom. The Hall–Kier alpha value is -2.67. The Kier molecular flexibility index (Phi) is 5.67. The summed E-state index contributed by atoms with van der Waals surface area (Å²) in [5.41, 5.74) is 1.49. The van der Waals surface area contributed by atoms with Crippen molar-refractivity contribution in [2.45, 2.75) is 51.2 Å². The highest BCUT2D eigenvalue weighted by molar-refractivity contribution is 7.17. The monoisotopic (exact) mass is 412 g/mol. The van der Waals surface area contributed by atoms with Gasteiger partial charge >= 0.3 is 5.97 Å². The predicted octanol–water partition coefficient (Wildman–Crippen LogP) is 4.57. The number of thiophene rings is 1. The van der Waals surface area contributed by atoms with Crippen LogP contribution >= 0.6 is 11.3 Å². The lowest BCUT2D eigenvalue weighted by atomic mass is 9.98. The van der Waals surface area contributed by atoms with Gasteiger partial charge in [0, 0.05) is 10.9 Å². The Morgan fingerprint density at radius 3 is 2.62 bits per heavy atom. The van der Waals surface area contributed by atoms with Gasteiger partial charge in [-0.25, -0.2) is 9.78 Å². The molecule has 1 atom stereocenters. The lowest BCUT2D eigenvalue weighted by molar-refractivity contribution is -0.154. The number of methoxy groups -OCH3 is 1. The zero-order chi connectivity index (χ0) is 20.4. The number of fused-ring (bicyclic) bond motifs is 1. The van der Waals surface area contributed by atoms with E-state index in [4.69, 9.17) is 9.47 Å². The van der Waals surface area contributed by atoms with Crippen LogP contribution in [0.4, 0.5) is 0 Å². The largest absolute Gasteiger partial charge is 0.497 e. The van der Waals surface area contributed by atoms with Gasteiger partial charge in [0.1, 0.15) is 22.7 Å². The first-order valence-electron chi connectivity index (χ1n) is 9.91. The van der Waals surface area contributed by atoms with Gasteiger partial charge in [-0.3, -0.25) is 9.36 Å². The molecule has 2 heterocycles. The minimum atomic E-state index is -0.718. The number of carbonyl (C=O) groups excluding carboxylic acids is 1. The summed E-state index contributed by atoms with van der Waals surface area (Å²) in [5.74, 6) is 0.379. The molecule has 0 N–H and O–H groups in total. The molecule has 7 heteroatoms. The zero-order valence-corrected chi connectivity index (χ0v) is 17.4. The van der Waals surface area contributed by atoms with Crippen LogP contribution in [-0.2, 0) is 9.53 Å². The highest BCUT2D eigenvalue weighted by Gasteiger charge is 2.25. The van der Waals surface area contributed by atoms with Gasteiger partial charge in [-0.05, 0) is 50.3 Å². The Bertz CT molecular complexity index is 1060. The third-order valence-electron chi connectivity index (χ3n) is 5.51. The first-order chi connectivity index (χ1) is 14.1. The molecule has 2 aromatic heterocycles. The number of carbonyl (C=O) groups is 1. The first-order valence-corrected chi connectivity index (χ1v) is 10.8. The lowest BCUT2D eigenvalue weighted by Gasteiger charge is -2.24. The molecule has 1 aromatic carbocycles. The third-order valence-corrected chi connectivity index (χ3v) is 6.40. The molecule has 0 spiro atoms. The van der Waals surface area contributed by atoms with E-state index < -0.39 is 6.04 Å². The molecular formula is C22H24N2O4S. The molecule has 1 unspecified atom stereocenters. The first kappa shape index (κ1) is 19.6. The molecule has 1 aliphatic carbocycles. The maximum Gasteiger partial charge on any atom is 0.329 e. The molecular weight excluding hydrogens is 388 g/mol. The van der Waals surface area contributed by atoms with Gasteiger partial charge < -0.3 is 9.47 Å². The van der Waals surface area contributed by atoms with Crippen LogP contribution in [0.5, 0.6) is 5.75 Å². The van der Waals surface area contributed by atoms with Crippen LogP contribution in [0, 0.1) is 0 Å². The number of benzene rings is 1. The van der Waals surface area contributed by atoms with E-state index in [9.17, 15) is 9.59 Å². The van der Waals surface area contributed by atoms with Crippen molar-refractivity contribution >= 4 is 27.5 Å². The second kappa shape index (κ2) is 8.37. The van der Waals surface area contributed by atoms with Crippen molar-refractivity contribution in [1.82, 2.24) is 9.55 Å². The number of ether oxygens (including phenoxy) is 2. The van der Waals surface area contributed by atoms with Crippen LogP contribution in [0.1, 0.15) is 45.1 Å². The Morgan fingerprint density at radius 2 is 1.93 bits per heavy atom. The maximum absolute atomic E-state index is 13.2. The van der Waals surface area contributed by atoms with Crippen molar-refractivity contribution < 1.29 is 14.3 Å². The van der Waals surface area contributed by atoms with Gasteiger partial charge in [-0.1, -0.05) is 18.6 Å². The van der Waals surface area contributed by atoms with Crippen LogP contribution in [0.25, 0.3) is 21.3 Å². The SMILES string of the molecule is COc1ccc(-c2csc3ncn(C(C)C(=O)OC4CCCCC4)c(=O)c23)cc1. The summed E-state index contributed by atoms with van der Waals surface area (Å²) in [6, 6.07) is 6.83. The molecule has 0 radical (unpaired) electrons. The second-order valence-corrected chi connectivity index (χ2v) is 8.25. The highest BCUT2D eigenvalue weighted by Crippen LogP contribution is 2.32. The van der Waals surface area contributed by atoms with Gasteiger partial charge in [0.25, 0.3) is 5.56 Å². The minimum Gasteiger partial charge on any atom is -0.497 e. The summed E-state index contributed by atoms with van der Waals surface area (Å²) >= 11 is 1.42. The van der Waals surface area contributed by atoms with Crippen LogP contribution < -0.4 is 10.3 Å². The number of nitrogens with zero attached hydrogens (tertiary/aromatic N) is 2. The standard InChI is InChI=1S/C22H24N2O4S/c1-14(22(26)28-17-6-4-3-5-7-17)24-13-23-20-19(21(24)25)18(12-29-20)15-8-10-16(27-2)11-9-15/h8-14,17H,3-7H2,1-2H3. The molecule has 1 aliphatic rings. The summed E-state index contributed by atoms with van der Waals surface area (Å²) in [6.45, 7) is 1.69. The summed E-state index contributed by atoms with van der Waals surface area (Å²) in [6.07, 6.45) is 6.57. The van der Waals surface area contributed by atoms with Crippen LogP contribution in [0.15, 0.2) is 40.8 Å². The predicted molar refractivity (Wildman–Crippen MR) is 114 cm³/mol. The van der Waals surface area contributed by atoms with E-state index in [0.29, 0.717) is 10.2 Å². The molecule has 0 amide bonds. The molecule has 1 fully saturated rings. The minimum absolute atomic E-state index is 0.0397. The topological polar surface area (TPSA) is 70.4 Å². The summed E-state index contributed by atoms with van der Waals surface area (Å²) < 4.78 is 12.3. The van der Waals surface area contributed by atoms with Crippen molar-refractivity contribution in [3.05, 3.63) is 46.3 Å². The van der Waals surface area contributed by atoms with Crippen molar-refractivity contribution in [1.29, 1.82) is 0 Å². The maximum atomic E-state index is 13.2. The van der Waals surface area contributed by atoms with Crippen LogP contribution in [-0.4, -0.2) is 28.7 Å². The van der Waals surface area contributed by atoms with Gasteiger partial charge in [-0.2, -0.15) is 0 Å². The van der Waals surface area contributed by atoms with E-state index in [2.05, 4.69) is 4.98 Å². The normalized spacial score (nSPS) is 15.9. The van der Waals surface area contributed by atoms with E-state index in [0.717, 1.165) is 42.6 Å². The van der Waals surface area contributed by atoms with E-state index in [-0.39, 0.29) is 17.6 Å². The van der Waals surface area contributed by atoms with Crippen molar-refractivity contribution in [3.63, 3.8) is 0 Å². The number of hydrogen-bond donors (Lipinski definition) is 0. The molecule has 6 nitrogen and oxygen atoms in total. The lowest BCUT2D eigenvalue weighted by Crippen LogP contribution is -2.32. The average molecular weight is 413 g/mol. The van der Waals surface area contributed by atoms with Crippen LogP contribution in [0.2, 0.25) is 0 Å².